The Balaban J connectivity index is 1.93. The molecular formula is C15H26N4OS. The van der Waals surface area contributed by atoms with Crippen LogP contribution in [0.5, 0.6) is 0 Å². The van der Waals surface area contributed by atoms with Gasteiger partial charge in [0.05, 0.1) is 5.69 Å². The highest BCUT2D eigenvalue weighted by Gasteiger charge is 2.26. The Morgan fingerprint density at radius 1 is 1.38 bits per heavy atom. The molecule has 0 saturated heterocycles. The molecule has 0 bridgehead atoms. The van der Waals surface area contributed by atoms with Crippen molar-refractivity contribution in [3.8, 4) is 0 Å². The number of hydrogen-bond donors (Lipinski definition) is 1. The highest BCUT2D eigenvalue weighted by atomic mass is 32.1. The van der Waals surface area contributed by atoms with Gasteiger partial charge >= 0.3 is 0 Å². The predicted octanol–water partition coefficient (Wildman–Crippen LogP) is 2.34. The van der Waals surface area contributed by atoms with Gasteiger partial charge in [0.1, 0.15) is 4.88 Å². The molecule has 1 aliphatic rings. The average Bonchev–Trinajstić information content (AvgIpc) is 2.96. The van der Waals surface area contributed by atoms with Crippen LogP contribution in [0.4, 0.5) is 0 Å². The van der Waals surface area contributed by atoms with Gasteiger partial charge in [-0.15, -0.1) is 5.10 Å². The van der Waals surface area contributed by atoms with Crippen molar-refractivity contribution in [1.29, 1.82) is 0 Å². The van der Waals surface area contributed by atoms with Gasteiger partial charge in [0.15, 0.2) is 0 Å². The maximum Gasteiger partial charge on any atom is 0.265 e. The number of aromatic nitrogens is 2. The number of amides is 1. The molecule has 1 aromatic rings. The third-order valence-corrected chi connectivity index (χ3v) is 5.19. The Hall–Kier alpha value is -1.01. The zero-order chi connectivity index (χ0) is 15.2. The number of carbonyl (C=O) groups excluding carboxylic acids is 1. The molecule has 0 unspecified atom stereocenters. The minimum absolute atomic E-state index is 0.0236. The van der Waals surface area contributed by atoms with Crippen LogP contribution in [0.15, 0.2) is 0 Å². The van der Waals surface area contributed by atoms with E-state index in [0.29, 0.717) is 23.4 Å². The van der Waals surface area contributed by atoms with Gasteiger partial charge < -0.3 is 10.2 Å². The fourth-order valence-corrected chi connectivity index (χ4v) is 3.85. The van der Waals surface area contributed by atoms with Gasteiger partial charge in [-0.05, 0) is 50.8 Å². The average molecular weight is 310 g/mol. The van der Waals surface area contributed by atoms with E-state index in [-0.39, 0.29) is 5.91 Å². The molecule has 0 aliphatic heterocycles. The fourth-order valence-electron chi connectivity index (χ4n) is 3.18. The summed E-state index contributed by atoms with van der Waals surface area (Å²) in [7, 11) is 4.22. The van der Waals surface area contributed by atoms with Crippen molar-refractivity contribution in [3.05, 3.63) is 10.6 Å². The Labute approximate surface area is 131 Å². The van der Waals surface area contributed by atoms with E-state index < -0.39 is 0 Å². The summed E-state index contributed by atoms with van der Waals surface area (Å²) in [6.45, 7) is 2.70. The van der Waals surface area contributed by atoms with Crippen molar-refractivity contribution >= 4 is 17.4 Å². The van der Waals surface area contributed by atoms with Crippen LogP contribution in [0, 0.1) is 5.92 Å². The molecule has 0 aromatic carbocycles. The molecule has 1 aromatic heterocycles. The molecule has 1 atom stereocenters. The van der Waals surface area contributed by atoms with E-state index in [1.165, 1.54) is 43.6 Å². The topological polar surface area (TPSA) is 58.1 Å². The standard InChI is InChI=1S/C15H26N4OS/c1-4-12-14(21-18-17-12)15(20)16-10-13(19(2)3)11-8-6-5-7-9-11/h11,13H,4-10H2,1-3H3,(H,16,20)/t13-/m0/s1. The van der Waals surface area contributed by atoms with Crippen LogP contribution in [-0.4, -0.2) is 47.1 Å². The molecule has 1 saturated carbocycles. The third-order valence-electron chi connectivity index (χ3n) is 4.43. The van der Waals surface area contributed by atoms with Crippen LogP contribution >= 0.6 is 11.5 Å². The summed E-state index contributed by atoms with van der Waals surface area (Å²) in [5, 5.41) is 7.09. The maximum atomic E-state index is 12.3. The van der Waals surface area contributed by atoms with Crippen molar-refractivity contribution < 1.29 is 4.79 Å². The number of hydrogen-bond acceptors (Lipinski definition) is 5. The van der Waals surface area contributed by atoms with Gasteiger partial charge in [-0.3, -0.25) is 4.79 Å². The van der Waals surface area contributed by atoms with Gasteiger partial charge in [0.2, 0.25) is 0 Å². The first-order valence-electron chi connectivity index (χ1n) is 7.89. The molecule has 1 amide bonds. The summed E-state index contributed by atoms with van der Waals surface area (Å²) < 4.78 is 3.89. The quantitative estimate of drug-likeness (QED) is 0.876. The molecule has 118 valence electrons. The molecule has 6 heteroatoms. The molecule has 1 aliphatic carbocycles. The van der Waals surface area contributed by atoms with Crippen LogP contribution < -0.4 is 5.32 Å². The number of carbonyl (C=O) groups is 1. The highest BCUT2D eigenvalue weighted by molar-refractivity contribution is 7.08. The second-order valence-corrected chi connectivity index (χ2v) is 6.80. The molecule has 1 heterocycles. The molecule has 21 heavy (non-hydrogen) atoms. The zero-order valence-corrected chi connectivity index (χ0v) is 14.1. The van der Waals surface area contributed by atoms with Crippen LogP contribution in [0.25, 0.3) is 0 Å². The van der Waals surface area contributed by atoms with Crippen molar-refractivity contribution in [1.82, 2.24) is 19.8 Å². The van der Waals surface area contributed by atoms with E-state index in [9.17, 15) is 4.79 Å². The highest BCUT2D eigenvalue weighted by Crippen LogP contribution is 2.28. The number of rotatable bonds is 6. The Kier molecular flexibility index (Phi) is 6.11. The normalized spacial score (nSPS) is 17.9. The predicted molar refractivity (Wildman–Crippen MR) is 85.7 cm³/mol. The van der Waals surface area contributed by atoms with Crippen LogP contribution in [0.3, 0.4) is 0 Å². The summed E-state index contributed by atoms with van der Waals surface area (Å²) >= 11 is 1.19. The summed E-state index contributed by atoms with van der Waals surface area (Å²) in [6, 6.07) is 0.417. The molecule has 0 radical (unpaired) electrons. The monoisotopic (exact) mass is 310 g/mol. The van der Waals surface area contributed by atoms with E-state index >= 15 is 0 Å². The number of likely N-dealkylation sites (N-methyl/N-ethyl adjacent to an activating group) is 1. The second-order valence-electron chi connectivity index (χ2n) is 6.04. The van der Waals surface area contributed by atoms with E-state index in [0.717, 1.165) is 12.1 Å². The Bertz CT molecular complexity index is 454. The van der Waals surface area contributed by atoms with Crippen LogP contribution in [-0.2, 0) is 6.42 Å². The molecule has 2 rings (SSSR count). The molecule has 0 spiro atoms. The number of nitrogens with one attached hydrogen (secondary N) is 1. The fraction of sp³-hybridized carbons (Fsp3) is 0.800. The number of aryl methyl sites for hydroxylation is 1. The Morgan fingerprint density at radius 3 is 2.71 bits per heavy atom. The van der Waals surface area contributed by atoms with Gasteiger partial charge in [-0.25, -0.2) is 0 Å². The number of nitrogens with zero attached hydrogens (tertiary/aromatic N) is 3. The van der Waals surface area contributed by atoms with Gasteiger partial charge in [-0.2, -0.15) is 0 Å². The third kappa shape index (κ3) is 4.23. The van der Waals surface area contributed by atoms with Gasteiger partial charge in [0.25, 0.3) is 5.91 Å². The van der Waals surface area contributed by atoms with Gasteiger partial charge in [0, 0.05) is 12.6 Å². The lowest BCUT2D eigenvalue weighted by Gasteiger charge is -2.34. The van der Waals surface area contributed by atoms with Crippen LogP contribution in [0.1, 0.15) is 54.4 Å². The van der Waals surface area contributed by atoms with Gasteiger partial charge in [-0.1, -0.05) is 30.7 Å². The smallest absolute Gasteiger partial charge is 0.265 e. The van der Waals surface area contributed by atoms with Crippen molar-refractivity contribution in [2.24, 2.45) is 5.92 Å². The summed E-state index contributed by atoms with van der Waals surface area (Å²) in [5.41, 5.74) is 0.802. The lowest BCUT2D eigenvalue weighted by Crippen LogP contribution is -2.45. The first kappa shape index (κ1) is 16.4. The van der Waals surface area contributed by atoms with Crippen molar-refractivity contribution in [3.63, 3.8) is 0 Å². The summed E-state index contributed by atoms with van der Waals surface area (Å²) in [4.78, 5) is 15.2. The molecule has 1 N–H and O–H groups in total. The lowest BCUT2D eigenvalue weighted by atomic mass is 9.83. The first-order chi connectivity index (χ1) is 10.1. The van der Waals surface area contributed by atoms with Crippen molar-refractivity contribution in [2.75, 3.05) is 20.6 Å². The minimum atomic E-state index is -0.0236. The second kappa shape index (κ2) is 7.84. The SMILES string of the molecule is CCc1nnsc1C(=O)NC[C@@H](C1CCCCC1)N(C)C. The lowest BCUT2D eigenvalue weighted by molar-refractivity contribution is 0.0925. The van der Waals surface area contributed by atoms with E-state index in [1.54, 1.807) is 0 Å². The van der Waals surface area contributed by atoms with E-state index in [1.807, 2.05) is 6.92 Å². The minimum Gasteiger partial charge on any atom is -0.350 e. The Morgan fingerprint density at radius 2 is 2.10 bits per heavy atom. The zero-order valence-electron chi connectivity index (χ0n) is 13.3. The summed E-state index contributed by atoms with van der Waals surface area (Å²) in [5.74, 6) is 0.670. The maximum absolute atomic E-state index is 12.3. The largest absolute Gasteiger partial charge is 0.350 e. The van der Waals surface area contributed by atoms with E-state index in [4.69, 9.17) is 0 Å². The molecule has 5 nitrogen and oxygen atoms in total. The van der Waals surface area contributed by atoms with Crippen molar-refractivity contribution in [2.45, 2.75) is 51.5 Å². The summed E-state index contributed by atoms with van der Waals surface area (Å²) in [6.07, 6.45) is 7.31. The molecule has 1 fully saturated rings. The molecular weight excluding hydrogens is 284 g/mol. The van der Waals surface area contributed by atoms with E-state index in [2.05, 4.69) is 33.9 Å². The first-order valence-corrected chi connectivity index (χ1v) is 8.66. The van der Waals surface area contributed by atoms with Crippen LogP contribution in [0.2, 0.25) is 0 Å².